The fourth-order valence-corrected chi connectivity index (χ4v) is 3.49. The van der Waals surface area contributed by atoms with Gasteiger partial charge in [-0.3, -0.25) is 9.78 Å². The number of aromatic nitrogens is 1. The Balaban J connectivity index is 1.75. The topological polar surface area (TPSA) is 56.8 Å². The normalized spacial score (nSPS) is 23.9. The van der Waals surface area contributed by atoms with Crippen LogP contribution in [0.1, 0.15) is 24.2 Å². The monoisotopic (exact) mass is 302 g/mol. The molecule has 2 fully saturated rings. The van der Waals surface area contributed by atoms with E-state index in [1.54, 1.807) is 19.0 Å². The Morgan fingerprint density at radius 3 is 2.82 bits per heavy atom. The van der Waals surface area contributed by atoms with Crippen LogP contribution in [0.25, 0.3) is 0 Å². The maximum atomic E-state index is 12.4. The fourth-order valence-electron chi connectivity index (χ4n) is 3.49. The van der Waals surface area contributed by atoms with Gasteiger partial charge in [0.1, 0.15) is 0 Å². The second kappa shape index (κ2) is 5.59. The van der Waals surface area contributed by atoms with E-state index in [0.29, 0.717) is 13.0 Å². The van der Waals surface area contributed by atoms with Crippen molar-refractivity contribution in [1.82, 2.24) is 19.7 Å². The fraction of sp³-hybridized carbons (Fsp3) is 0.562. The van der Waals surface area contributed by atoms with E-state index < -0.39 is 0 Å². The van der Waals surface area contributed by atoms with Crippen molar-refractivity contribution in [3.63, 3.8) is 0 Å². The number of rotatable bonds is 2. The van der Waals surface area contributed by atoms with E-state index in [9.17, 15) is 9.59 Å². The zero-order valence-electron chi connectivity index (χ0n) is 13.3. The number of pyridine rings is 1. The first kappa shape index (κ1) is 14.8. The van der Waals surface area contributed by atoms with Crippen molar-refractivity contribution in [3.8, 4) is 0 Å². The van der Waals surface area contributed by atoms with E-state index in [2.05, 4.69) is 4.98 Å². The Bertz CT molecular complexity index is 602. The highest BCUT2D eigenvalue weighted by Gasteiger charge is 2.48. The summed E-state index contributed by atoms with van der Waals surface area (Å²) in [6.07, 6.45) is 1.28. The van der Waals surface area contributed by atoms with Crippen LogP contribution in [0.5, 0.6) is 0 Å². The standard InChI is InChI=1S/C16H22N4O2/c1-11-5-4-6-12(17-11)10-20-13-7-8-19(16(22)18(2)3)14(13)9-15(20)21/h4-6,13-14H,7-10H2,1-3H3/t13-,14-/m0/s1. The number of carbonyl (C=O) groups excluding carboxylic acids is 2. The summed E-state index contributed by atoms with van der Waals surface area (Å²) in [5.41, 5.74) is 1.86. The summed E-state index contributed by atoms with van der Waals surface area (Å²) in [4.78, 5) is 34.4. The molecule has 3 rings (SSSR count). The van der Waals surface area contributed by atoms with Gasteiger partial charge in [-0.1, -0.05) is 6.07 Å². The molecule has 0 N–H and O–H groups in total. The van der Waals surface area contributed by atoms with Crippen molar-refractivity contribution in [2.24, 2.45) is 0 Å². The zero-order valence-corrected chi connectivity index (χ0v) is 13.3. The number of amides is 3. The van der Waals surface area contributed by atoms with E-state index in [0.717, 1.165) is 24.4 Å². The van der Waals surface area contributed by atoms with Crippen molar-refractivity contribution in [1.29, 1.82) is 0 Å². The molecular formula is C16H22N4O2. The van der Waals surface area contributed by atoms with Crippen LogP contribution < -0.4 is 0 Å². The number of fused-ring (bicyclic) bond motifs is 1. The molecule has 1 aromatic heterocycles. The Hall–Kier alpha value is -2.11. The third-order valence-corrected chi connectivity index (χ3v) is 4.52. The van der Waals surface area contributed by atoms with Gasteiger partial charge in [-0.25, -0.2) is 4.79 Å². The lowest BCUT2D eigenvalue weighted by molar-refractivity contribution is -0.129. The number of hydrogen-bond donors (Lipinski definition) is 0. The Kier molecular flexibility index (Phi) is 3.76. The van der Waals surface area contributed by atoms with Crippen molar-refractivity contribution < 1.29 is 9.59 Å². The quantitative estimate of drug-likeness (QED) is 0.826. The number of hydrogen-bond acceptors (Lipinski definition) is 3. The molecule has 2 atom stereocenters. The molecule has 118 valence electrons. The van der Waals surface area contributed by atoms with Crippen LogP contribution in [0.3, 0.4) is 0 Å². The molecule has 0 radical (unpaired) electrons. The van der Waals surface area contributed by atoms with Gasteiger partial charge in [-0.2, -0.15) is 0 Å². The summed E-state index contributed by atoms with van der Waals surface area (Å²) in [6, 6.07) is 5.99. The second-order valence-corrected chi connectivity index (χ2v) is 6.29. The van der Waals surface area contributed by atoms with Crippen molar-refractivity contribution in [2.75, 3.05) is 20.6 Å². The molecular weight excluding hydrogens is 280 g/mol. The van der Waals surface area contributed by atoms with Crippen LogP contribution in [-0.4, -0.2) is 64.3 Å². The first-order valence-electron chi connectivity index (χ1n) is 7.67. The number of aryl methyl sites for hydroxylation is 1. The summed E-state index contributed by atoms with van der Waals surface area (Å²) in [5, 5.41) is 0. The molecule has 0 bridgehead atoms. The number of carbonyl (C=O) groups is 2. The zero-order chi connectivity index (χ0) is 15.9. The maximum absolute atomic E-state index is 12.4. The highest BCUT2D eigenvalue weighted by Crippen LogP contribution is 2.33. The lowest BCUT2D eigenvalue weighted by atomic mass is 10.1. The van der Waals surface area contributed by atoms with Crippen LogP contribution in [0.15, 0.2) is 18.2 Å². The smallest absolute Gasteiger partial charge is 0.319 e. The average Bonchev–Trinajstić information content (AvgIpc) is 2.99. The summed E-state index contributed by atoms with van der Waals surface area (Å²) in [5.74, 6) is 0.120. The molecule has 22 heavy (non-hydrogen) atoms. The number of urea groups is 1. The molecule has 0 saturated carbocycles. The Morgan fingerprint density at radius 2 is 2.14 bits per heavy atom. The molecule has 1 aromatic rings. The third-order valence-electron chi connectivity index (χ3n) is 4.52. The molecule has 3 heterocycles. The number of likely N-dealkylation sites (tertiary alicyclic amines) is 2. The maximum Gasteiger partial charge on any atom is 0.319 e. The molecule has 0 spiro atoms. The Labute approximate surface area is 130 Å². The van der Waals surface area contributed by atoms with Gasteiger partial charge in [0.05, 0.1) is 24.3 Å². The van der Waals surface area contributed by atoms with E-state index in [-0.39, 0.29) is 24.0 Å². The van der Waals surface area contributed by atoms with Crippen LogP contribution in [0.2, 0.25) is 0 Å². The van der Waals surface area contributed by atoms with Gasteiger partial charge in [0.25, 0.3) is 0 Å². The summed E-state index contributed by atoms with van der Waals surface area (Å²) >= 11 is 0. The highest BCUT2D eigenvalue weighted by molar-refractivity contribution is 5.83. The third kappa shape index (κ3) is 2.53. The lowest BCUT2D eigenvalue weighted by Crippen LogP contribution is -2.44. The number of nitrogens with zero attached hydrogens (tertiary/aromatic N) is 4. The summed E-state index contributed by atoms with van der Waals surface area (Å²) in [7, 11) is 3.50. The van der Waals surface area contributed by atoms with Gasteiger partial charge in [0.2, 0.25) is 5.91 Å². The molecule has 0 unspecified atom stereocenters. The minimum absolute atomic E-state index is 0.00386. The van der Waals surface area contributed by atoms with Crippen molar-refractivity contribution >= 4 is 11.9 Å². The molecule has 2 saturated heterocycles. The van der Waals surface area contributed by atoms with Gasteiger partial charge in [-0.05, 0) is 25.5 Å². The largest absolute Gasteiger partial charge is 0.332 e. The van der Waals surface area contributed by atoms with Crippen LogP contribution in [0.4, 0.5) is 4.79 Å². The van der Waals surface area contributed by atoms with Crippen molar-refractivity contribution in [3.05, 3.63) is 29.6 Å². The minimum Gasteiger partial charge on any atom is -0.332 e. The van der Waals surface area contributed by atoms with Crippen LogP contribution >= 0.6 is 0 Å². The summed E-state index contributed by atoms with van der Waals surface area (Å²) < 4.78 is 0. The molecule has 6 nitrogen and oxygen atoms in total. The first-order chi connectivity index (χ1) is 10.5. The molecule has 2 aliphatic heterocycles. The van der Waals surface area contributed by atoms with E-state index in [1.165, 1.54) is 0 Å². The predicted molar refractivity (Wildman–Crippen MR) is 82.1 cm³/mol. The minimum atomic E-state index is -0.00386. The van der Waals surface area contributed by atoms with Gasteiger partial charge >= 0.3 is 6.03 Å². The molecule has 3 amide bonds. The highest BCUT2D eigenvalue weighted by atomic mass is 16.2. The first-order valence-corrected chi connectivity index (χ1v) is 7.67. The van der Waals surface area contributed by atoms with Gasteiger partial charge in [0.15, 0.2) is 0 Å². The lowest BCUT2D eigenvalue weighted by Gasteiger charge is -2.27. The molecule has 2 aliphatic rings. The molecule has 0 aromatic carbocycles. The predicted octanol–water partition coefficient (Wildman–Crippen LogP) is 1.25. The van der Waals surface area contributed by atoms with Crippen LogP contribution in [-0.2, 0) is 11.3 Å². The van der Waals surface area contributed by atoms with Crippen LogP contribution in [0, 0.1) is 6.92 Å². The van der Waals surface area contributed by atoms with E-state index in [4.69, 9.17) is 0 Å². The van der Waals surface area contributed by atoms with Gasteiger partial charge < -0.3 is 14.7 Å². The van der Waals surface area contributed by atoms with E-state index in [1.807, 2.05) is 34.9 Å². The van der Waals surface area contributed by atoms with Gasteiger partial charge in [0, 0.05) is 32.8 Å². The molecule has 6 heteroatoms. The van der Waals surface area contributed by atoms with Gasteiger partial charge in [-0.15, -0.1) is 0 Å². The second-order valence-electron chi connectivity index (χ2n) is 6.29. The summed E-state index contributed by atoms with van der Waals surface area (Å²) in [6.45, 7) is 3.20. The SMILES string of the molecule is Cc1cccc(CN2C(=O)C[C@H]3[C@@H]2CCN3C(=O)N(C)C)n1. The average molecular weight is 302 g/mol. The molecule has 0 aliphatic carbocycles. The van der Waals surface area contributed by atoms with E-state index >= 15 is 0 Å². The van der Waals surface area contributed by atoms with Crippen molar-refractivity contribution in [2.45, 2.75) is 38.4 Å². The Morgan fingerprint density at radius 1 is 1.36 bits per heavy atom.